The summed E-state index contributed by atoms with van der Waals surface area (Å²) in [4.78, 5) is 5.61. The Balaban J connectivity index is 2.16. The van der Waals surface area contributed by atoms with E-state index < -0.39 is 11.9 Å². The van der Waals surface area contributed by atoms with Crippen LogP contribution in [0.25, 0.3) is 5.65 Å². The number of alkyl halides is 3. The largest absolute Gasteiger partial charge is 0.433 e. The summed E-state index contributed by atoms with van der Waals surface area (Å²) in [5.41, 5.74) is 0.111. The standard InChI is InChI=1S/C13H16F3N5/c1-2-9-7-11-18-10(13(14,15)16)8-12(21(11)19-9)20-5-3-17-4-6-20/h7-8,17H,2-6H2,1H3. The number of hydrogen-bond acceptors (Lipinski definition) is 4. The number of nitrogens with zero attached hydrogens (tertiary/aromatic N) is 4. The molecule has 0 amide bonds. The monoisotopic (exact) mass is 299 g/mol. The average molecular weight is 299 g/mol. The highest BCUT2D eigenvalue weighted by atomic mass is 19.4. The van der Waals surface area contributed by atoms with Gasteiger partial charge in [-0.05, 0) is 6.42 Å². The molecule has 114 valence electrons. The second-order valence-corrected chi connectivity index (χ2v) is 4.99. The third-order valence-corrected chi connectivity index (χ3v) is 3.55. The van der Waals surface area contributed by atoms with Crippen LogP contribution in [0.15, 0.2) is 12.1 Å². The predicted molar refractivity (Wildman–Crippen MR) is 72.4 cm³/mol. The zero-order valence-corrected chi connectivity index (χ0v) is 11.6. The molecule has 3 rings (SSSR count). The molecule has 5 nitrogen and oxygen atoms in total. The lowest BCUT2D eigenvalue weighted by atomic mass is 10.3. The summed E-state index contributed by atoms with van der Waals surface area (Å²) in [5, 5.41) is 7.54. The van der Waals surface area contributed by atoms with Crippen LogP contribution in [0.4, 0.5) is 19.0 Å². The number of fused-ring (bicyclic) bond motifs is 1. The van der Waals surface area contributed by atoms with Crippen molar-refractivity contribution < 1.29 is 13.2 Å². The first-order chi connectivity index (χ1) is 9.99. The molecule has 0 atom stereocenters. The van der Waals surface area contributed by atoms with E-state index in [-0.39, 0.29) is 5.65 Å². The molecule has 0 aromatic carbocycles. The van der Waals surface area contributed by atoms with E-state index in [9.17, 15) is 13.2 Å². The molecule has 1 aliphatic rings. The number of rotatable bonds is 2. The molecule has 21 heavy (non-hydrogen) atoms. The molecule has 2 aromatic rings. The van der Waals surface area contributed by atoms with Gasteiger partial charge in [0.25, 0.3) is 0 Å². The van der Waals surface area contributed by atoms with Gasteiger partial charge in [0.1, 0.15) is 5.82 Å². The maximum atomic E-state index is 13.0. The number of halogens is 3. The summed E-state index contributed by atoms with van der Waals surface area (Å²) in [6, 6.07) is 2.70. The van der Waals surface area contributed by atoms with Crippen molar-refractivity contribution in [3.05, 3.63) is 23.5 Å². The van der Waals surface area contributed by atoms with Crippen LogP contribution in [0.2, 0.25) is 0 Å². The summed E-state index contributed by atoms with van der Waals surface area (Å²) in [6.45, 7) is 4.70. The average Bonchev–Trinajstić information content (AvgIpc) is 2.89. The third kappa shape index (κ3) is 2.67. The smallest absolute Gasteiger partial charge is 0.354 e. The summed E-state index contributed by atoms with van der Waals surface area (Å²) in [6.07, 6.45) is -3.80. The molecule has 1 saturated heterocycles. The summed E-state index contributed by atoms with van der Waals surface area (Å²) < 4.78 is 40.6. The van der Waals surface area contributed by atoms with E-state index in [0.717, 1.165) is 24.8 Å². The van der Waals surface area contributed by atoms with E-state index in [1.54, 1.807) is 6.07 Å². The maximum absolute atomic E-state index is 13.0. The minimum atomic E-state index is -4.46. The first-order valence-electron chi connectivity index (χ1n) is 6.91. The molecule has 0 bridgehead atoms. The Hall–Kier alpha value is -1.83. The summed E-state index contributed by atoms with van der Waals surface area (Å²) in [7, 11) is 0. The van der Waals surface area contributed by atoms with Crippen molar-refractivity contribution in [2.45, 2.75) is 19.5 Å². The van der Waals surface area contributed by atoms with Crippen LogP contribution < -0.4 is 10.2 Å². The number of hydrogen-bond donors (Lipinski definition) is 1. The van der Waals surface area contributed by atoms with Crippen LogP contribution in [0, 0.1) is 0 Å². The Morgan fingerprint density at radius 2 is 1.95 bits per heavy atom. The van der Waals surface area contributed by atoms with Gasteiger partial charge in [-0.1, -0.05) is 6.92 Å². The lowest BCUT2D eigenvalue weighted by Crippen LogP contribution is -2.44. The Bertz CT molecular complexity index is 643. The van der Waals surface area contributed by atoms with Gasteiger partial charge >= 0.3 is 6.18 Å². The molecular formula is C13H16F3N5. The van der Waals surface area contributed by atoms with Gasteiger partial charge in [0.05, 0.1) is 5.69 Å². The van der Waals surface area contributed by atoms with Gasteiger partial charge in [0.15, 0.2) is 11.3 Å². The highest BCUT2D eigenvalue weighted by Crippen LogP contribution is 2.31. The molecule has 0 unspecified atom stereocenters. The van der Waals surface area contributed by atoms with Gasteiger partial charge in [-0.25, -0.2) is 4.98 Å². The van der Waals surface area contributed by atoms with Gasteiger partial charge < -0.3 is 10.2 Å². The molecule has 2 aromatic heterocycles. The minimum Gasteiger partial charge on any atom is -0.354 e. The van der Waals surface area contributed by atoms with E-state index in [0.29, 0.717) is 25.3 Å². The van der Waals surface area contributed by atoms with Crippen molar-refractivity contribution in [2.75, 3.05) is 31.1 Å². The van der Waals surface area contributed by atoms with Crippen LogP contribution in [0.5, 0.6) is 0 Å². The zero-order chi connectivity index (χ0) is 15.0. The Labute approximate surface area is 119 Å². The fourth-order valence-corrected chi connectivity index (χ4v) is 2.44. The van der Waals surface area contributed by atoms with Crippen molar-refractivity contribution in [2.24, 2.45) is 0 Å². The van der Waals surface area contributed by atoms with E-state index in [1.807, 2.05) is 11.8 Å². The number of aromatic nitrogens is 3. The summed E-state index contributed by atoms with van der Waals surface area (Å²) in [5.74, 6) is 0.452. The number of nitrogens with one attached hydrogen (secondary N) is 1. The van der Waals surface area contributed by atoms with Crippen LogP contribution in [-0.2, 0) is 12.6 Å². The quantitative estimate of drug-likeness (QED) is 0.917. The minimum absolute atomic E-state index is 0.246. The predicted octanol–water partition coefficient (Wildman–Crippen LogP) is 1.72. The van der Waals surface area contributed by atoms with Gasteiger partial charge in [-0.3, -0.25) is 0 Å². The van der Waals surface area contributed by atoms with E-state index in [1.165, 1.54) is 4.52 Å². The maximum Gasteiger partial charge on any atom is 0.433 e. The molecule has 3 heterocycles. The first-order valence-corrected chi connectivity index (χ1v) is 6.91. The zero-order valence-electron chi connectivity index (χ0n) is 11.6. The molecule has 1 fully saturated rings. The van der Waals surface area contributed by atoms with Crippen molar-refractivity contribution in [3.63, 3.8) is 0 Å². The van der Waals surface area contributed by atoms with Crippen LogP contribution >= 0.6 is 0 Å². The Kier molecular flexibility index (Phi) is 3.48. The lowest BCUT2D eigenvalue weighted by Gasteiger charge is -2.29. The fourth-order valence-electron chi connectivity index (χ4n) is 2.44. The van der Waals surface area contributed by atoms with Crippen LogP contribution in [-0.4, -0.2) is 40.8 Å². The van der Waals surface area contributed by atoms with Crippen molar-refractivity contribution >= 4 is 11.5 Å². The van der Waals surface area contributed by atoms with Crippen molar-refractivity contribution in [1.82, 2.24) is 19.9 Å². The second-order valence-electron chi connectivity index (χ2n) is 4.99. The van der Waals surface area contributed by atoms with Crippen molar-refractivity contribution in [1.29, 1.82) is 0 Å². The Morgan fingerprint density at radius 1 is 1.24 bits per heavy atom. The molecule has 0 saturated carbocycles. The molecule has 1 N–H and O–H groups in total. The van der Waals surface area contributed by atoms with Gasteiger partial charge in [0, 0.05) is 38.3 Å². The third-order valence-electron chi connectivity index (χ3n) is 3.55. The normalized spacial score (nSPS) is 16.7. The SMILES string of the molecule is CCc1cc2nc(C(F)(F)F)cc(N3CCNCC3)n2n1. The van der Waals surface area contributed by atoms with E-state index in [4.69, 9.17) is 0 Å². The van der Waals surface area contributed by atoms with Gasteiger partial charge in [-0.2, -0.15) is 22.8 Å². The lowest BCUT2D eigenvalue weighted by molar-refractivity contribution is -0.141. The second kappa shape index (κ2) is 5.18. The molecule has 8 heteroatoms. The summed E-state index contributed by atoms with van der Waals surface area (Å²) >= 11 is 0. The molecular weight excluding hydrogens is 283 g/mol. The van der Waals surface area contributed by atoms with Gasteiger partial charge in [0.2, 0.25) is 0 Å². The molecule has 0 spiro atoms. The van der Waals surface area contributed by atoms with Crippen LogP contribution in [0.1, 0.15) is 18.3 Å². The van der Waals surface area contributed by atoms with Gasteiger partial charge in [-0.15, -0.1) is 0 Å². The first kappa shape index (κ1) is 14.1. The highest BCUT2D eigenvalue weighted by molar-refractivity contribution is 5.53. The fraction of sp³-hybridized carbons (Fsp3) is 0.538. The number of aryl methyl sites for hydroxylation is 1. The molecule has 0 aliphatic carbocycles. The number of anilines is 1. The topological polar surface area (TPSA) is 45.5 Å². The van der Waals surface area contributed by atoms with Crippen LogP contribution in [0.3, 0.4) is 0 Å². The highest BCUT2D eigenvalue weighted by Gasteiger charge is 2.34. The van der Waals surface area contributed by atoms with Crippen molar-refractivity contribution in [3.8, 4) is 0 Å². The van der Waals surface area contributed by atoms with E-state index >= 15 is 0 Å². The molecule has 0 radical (unpaired) electrons. The van der Waals surface area contributed by atoms with E-state index in [2.05, 4.69) is 15.4 Å². The number of piperazine rings is 1. The molecule has 1 aliphatic heterocycles. The Morgan fingerprint density at radius 3 is 2.57 bits per heavy atom.